The summed E-state index contributed by atoms with van der Waals surface area (Å²) >= 11 is 1.30. The Balaban J connectivity index is 1.33. The molecule has 2 heterocycles. The molecule has 0 fully saturated rings. The number of carbonyl (C=O) groups is 2. The summed E-state index contributed by atoms with van der Waals surface area (Å²) in [5.74, 6) is -0.863. The molecule has 1 N–H and O–H groups in total. The van der Waals surface area contributed by atoms with Gasteiger partial charge in [-0.2, -0.15) is 0 Å². The Morgan fingerprint density at radius 1 is 1.10 bits per heavy atom. The molecule has 0 aliphatic carbocycles. The van der Waals surface area contributed by atoms with Gasteiger partial charge in [-0.05, 0) is 19.1 Å². The van der Waals surface area contributed by atoms with E-state index in [4.69, 9.17) is 9.15 Å². The van der Waals surface area contributed by atoms with E-state index in [1.165, 1.54) is 30.4 Å². The van der Waals surface area contributed by atoms with Crippen LogP contribution in [0.25, 0.3) is 28.4 Å². The molecule has 1 atom stereocenters. The van der Waals surface area contributed by atoms with Gasteiger partial charge in [-0.1, -0.05) is 42.5 Å². The molecule has 8 heteroatoms. The van der Waals surface area contributed by atoms with Gasteiger partial charge in [-0.3, -0.25) is 10.1 Å². The second-order valence-electron chi connectivity index (χ2n) is 6.33. The first kappa shape index (κ1) is 19.5. The number of fused-ring (bicyclic) bond motifs is 1. The summed E-state index contributed by atoms with van der Waals surface area (Å²) in [5, 5.41) is 4.95. The van der Waals surface area contributed by atoms with Gasteiger partial charge < -0.3 is 9.15 Å². The largest absolute Gasteiger partial charge is 0.449 e. The molecular formula is C22H17N3O4S. The van der Waals surface area contributed by atoms with Crippen LogP contribution in [0.15, 0.2) is 70.5 Å². The third-order valence-electron chi connectivity index (χ3n) is 4.14. The Hall–Kier alpha value is -3.78. The number of para-hydroxylation sites is 2. The number of ether oxygens (including phenoxy) is 1. The molecule has 4 aromatic rings. The summed E-state index contributed by atoms with van der Waals surface area (Å²) in [6.45, 7) is 1.49. The Labute approximate surface area is 176 Å². The van der Waals surface area contributed by atoms with E-state index in [-0.39, 0.29) is 5.89 Å². The second kappa shape index (κ2) is 8.71. The lowest BCUT2D eigenvalue weighted by Crippen LogP contribution is -2.29. The fraction of sp³-hybridized carbons (Fsp3) is 0.0909. The smallest absolute Gasteiger partial charge is 0.331 e. The minimum Gasteiger partial charge on any atom is -0.449 e. The van der Waals surface area contributed by atoms with E-state index in [0.717, 1.165) is 11.3 Å². The van der Waals surface area contributed by atoms with Gasteiger partial charge >= 0.3 is 5.97 Å². The first-order chi connectivity index (χ1) is 14.6. The van der Waals surface area contributed by atoms with Crippen LogP contribution in [0.3, 0.4) is 0 Å². The van der Waals surface area contributed by atoms with Gasteiger partial charge in [0.15, 0.2) is 16.8 Å². The Morgan fingerprint density at radius 2 is 1.87 bits per heavy atom. The van der Waals surface area contributed by atoms with Crippen LogP contribution in [-0.2, 0) is 14.3 Å². The van der Waals surface area contributed by atoms with E-state index in [9.17, 15) is 9.59 Å². The normalized spacial score (nSPS) is 12.2. The van der Waals surface area contributed by atoms with Crippen LogP contribution in [0, 0.1) is 0 Å². The van der Waals surface area contributed by atoms with Gasteiger partial charge in [0.1, 0.15) is 5.52 Å². The van der Waals surface area contributed by atoms with Crippen molar-refractivity contribution in [3.8, 4) is 11.3 Å². The van der Waals surface area contributed by atoms with Crippen molar-refractivity contribution in [2.24, 2.45) is 0 Å². The molecule has 0 radical (unpaired) electrons. The topological polar surface area (TPSA) is 94.3 Å². The molecule has 2 aromatic heterocycles. The predicted octanol–water partition coefficient (Wildman–Crippen LogP) is 4.53. The maximum atomic E-state index is 12.3. The van der Waals surface area contributed by atoms with Crippen LogP contribution in [-0.4, -0.2) is 27.9 Å². The number of thiazole rings is 1. The van der Waals surface area contributed by atoms with Gasteiger partial charge in [0.05, 0.1) is 5.69 Å². The van der Waals surface area contributed by atoms with Gasteiger partial charge in [0.2, 0.25) is 5.89 Å². The van der Waals surface area contributed by atoms with E-state index >= 15 is 0 Å². The van der Waals surface area contributed by atoms with Crippen molar-refractivity contribution in [2.75, 3.05) is 5.32 Å². The highest BCUT2D eigenvalue weighted by Crippen LogP contribution is 2.24. The van der Waals surface area contributed by atoms with Crippen molar-refractivity contribution in [2.45, 2.75) is 13.0 Å². The predicted molar refractivity (Wildman–Crippen MR) is 115 cm³/mol. The molecule has 1 unspecified atom stereocenters. The number of aromatic nitrogens is 2. The van der Waals surface area contributed by atoms with E-state index < -0.39 is 18.0 Å². The number of benzene rings is 2. The molecule has 150 valence electrons. The van der Waals surface area contributed by atoms with Crippen molar-refractivity contribution in [3.63, 3.8) is 0 Å². The van der Waals surface area contributed by atoms with Crippen LogP contribution >= 0.6 is 11.3 Å². The van der Waals surface area contributed by atoms with Gasteiger partial charge in [-0.15, -0.1) is 11.3 Å². The molecular weight excluding hydrogens is 402 g/mol. The number of esters is 1. The number of hydrogen-bond acceptors (Lipinski definition) is 7. The molecule has 30 heavy (non-hydrogen) atoms. The molecule has 0 spiro atoms. The van der Waals surface area contributed by atoms with Crippen LogP contribution in [0.5, 0.6) is 0 Å². The maximum absolute atomic E-state index is 12.3. The van der Waals surface area contributed by atoms with Crippen molar-refractivity contribution >= 4 is 45.5 Å². The summed E-state index contributed by atoms with van der Waals surface area (Å²) in [4.78, 5) is 33.0. The SMILES string of the molecule is CC(OC(=O)/C=C/c1nc2ccccc2o1)C(=O)Nc1nc(-c2ccccc2)cs1. The zero-order chi connectivity index (χ0) is 20.9. The molecule has 0 aliphatic heterocycles. The number of nitrogens with zero attached hydrogens (tertiary/aromatic N) is 2. The lowest BCUT2D eigenvalue weighted by molar-refractivity contribution is -0.148. The molecule has 0 aliphatic rings. The highest BCUT2D eigenvalue weighted by Gasteiger charge is 2.18. The summed E-state index contributed by atoms with van der Waals surface area (Å²) in [5.41, 5.74) is 3.04. The second-order valence-corrected chi connectivity index (χ2v) is 7.18. The summed E-state index contributed by atoms with van der Waals surface area (Å²) in [7, 11) is 0. The van der Waals surface area contributed by atoms with Crippen molar-refractivity contribution in [3.05, 3.63) is 71.9 Å². The van der Waals surface area contributed by atoms with Gasteiger partial charge in [0.25, 0.3) is 5.91 Å². The first-order valence-electron chi connectivity index (χ1n) is 9.14. The number of rotatable bonds is 6. The summed E-state index contributed by atoms with van der Waals surface area (Å²) in [6, 6.07) is 16.9. The van der Waals surface area contributed by atoms with Crippen LogP contribution < -0.4 is 5.32 Å². The average Bonchev–Trinajstić information content (AvgIpc) is 3.39. The fourth-order valence-electron chi connectivity index (χ4n) is 2.65. The van der Waals surface area contributed by atoms with Crippen molar-refractivity contribution in [1.82, 2.24) is 9.97 Å². The first-order valence-corrected chi connectivity index (χ1v) is 10.0. The minimum atomic E-state index is -0.991. The molecule has 0 saturated carbocycles. The molecule has 2 aromatic carbocycles. The van der Waals surface area contributed by atoms with E-state index in [1.54, 1.807) is 6.07 Å². The quantitative estimate of drug-likeness (QED) is 0.364. The number of carbonyl (C=O) groups excluding carboxylic acids is 2. The zero-order valence-electron chi connectivity index (χ0n) is 15.9. The Kier molecular flexibility index (Phi) is 5.67. The van der Waals surface area contributed by atoms with Crippen molar-refractivity contribution in [1.29, 1.82) is 0 Å². The standard InChI is InChI=1S/C22H17N3O4S/c1-14(21(27)25-22-24-17(13-30-22)15-7-3-2-4-8-15)28-20(26)12-11-19-23-16-9-5-6-10-18(16)29-19/h2-14H,1H3,(H,24,25,27)/b12-11+. The van der Waals surface area contributed by atoms with E-state index in [1.807, 2.05) is 53.9 Å². The van der Waals surface area contributed by atoms with Crippen LogP contribution in [0.2, 0.25) is 0 Å². The number of nitrogens with one attached hydrogen (secondary N) is 1. The third kappa shape index (κ3) is 4.61. The van der Waals surface area contributed by atoms with Gasteiger partial charge in [0, 0.05) is 23.1 Å². The number of amides is 1. The highest BCUT2D eigenvalue weighted by atomic mass is 32.1. The molecule has 1 amide bonds. The molecule has 7 nitrogen and oxygen atoms in total. The maximum Gasteiger partial charge on any atom is 0.331 e. The summed E-state index contributed by atoms with van der Waals surface area (Å²) < 4.78 is 10.6. The molecule has 0 saturated heterocycles. The highest BCUT2D eigenvalue weighted by molar-refractivity contribution is 7.14. The fourth-order valence-corrected chi connectivity index (χ4v) is 3.37. The zero-order valence-corrected chi connectivity index (χ0v) is 16.8. The van der Waals surface area contributed by atoms with E-state index in [2.05, 4.69) is 15.3 Å². The van der Waals surface area contributed by atoms with Gasteiger partial charge in [-0.25, -0.2) is 14.8 Å². The molecule has 0 bridgehead atoms. The number of hydrogen-bond donors (Lipinski definition) is 1. The van der Waals surface area contributed by atoms with Crippen LogP contribution in [0.4, 0.5) is 5.13 Å². The van der Waals surface area contributed by atoms with E-state index in [0.29, 0.717) is 16.2 Å². The number of oxazole rings is 1. The summed E-state index contributed by atoms with van der Waals surface area (Å²) in [6.07, 6.45) is 1.58. The Bertz CT molecular complexity index is 1180. The Morgan fingerprint density at radius 3 is 2.67 bits per heavy atom. The lowest BCUT2D eigenvalue weighted by Gasteiger charge is -2.10. The monoisotopic (exact) mass is 419 g/mol. The lowest BCUT2D eigenvalue weighted by atomic mass is 10.2. The minimum absolute atomic E-state index is 0.279. The van der Waals surface area contributed by atoms with Crippen molar-refractivity contribution < 1.29 is 18.7 Å². The third-order valence-corrected chi connectivity index (χ3v) is 4.90. The number of anilines is 1. The molecule has 4 rings (SSSR count). The van der Waals surface area contributed by atoms with Crippen LogP contribution in [0.1, 0.15) is 12.8 Å². The average molecular weight is 419 g/mol.